The van der Waals surface area contributed by atoms with Crippen LogP contribution in [0.25, 0.3) is 22.3 Å². The molecule has 3 aromatic rings. The Morgan fingerprint density at radius 1 is 0.636 bits per heavy atom. The van der Waals surface area contributed by atoms with Crippen LogP contribution in [0.15, 0.2) is 78.9 Å². The summed E-state index contributed by atoms with van der Waals surface area (Å²) in [6.07, 6.45) is 0. The zero-order chi connectivity index (χ0) is 24.3. The average molecular weight is 441 g/mol. The number of aryl methyl sites for hydroxylation is 3. The zero-order valence-electron chi connectivity index (χ0n) is 19.7. The van der Waals surface area contributed by atoms with Crippen LogP contribution in [0, 0.1) is 20.8 Å². The van der Waals surface area contributed by atoms with Gasteiger partial charge in [0.1, 0.15) is 11.5 Å². The Morgan fingerprint density at radius 2 is 1.12 bits per heavy atom. The normalized spacial score (nSPS) is 10.5. The molecule has 0 fully saturated rings. The van der Waals surface area contributed by atoms with Crippen molar-refractivity contribution in [2.45, 2.75) is 34.6 Å². The van der Waals surface area contributed by atoms with Gasteiger partial charge in [0.05, 0.1) is 0 Å². The van der Waals surface area contributed by atoms with Gasteiger partial charge in [-0.2, -0.15) is 0 Å². The number of ether oxygens (including phenoxy) is 2. The molecular formula is C29H28O4. The van der Waals surface area contributed by atoms with Crippen molar-refractivity contribution in [3.63, 3.8) is 0 Å². The fraction of sp³-hybridized carbons (Fsp3) is 0.172. The SMILES string of the molecule is C=C(C)C(=O)Oc1ccc(-c2ccc(-c3ccc(OC(=O)C(=C)C)c(C)c3)c(C)c2)c(C)c1. The molecule has 0 aromatic heterocycles. The number of hydrogen-bond donors (Lipinski definition) is 0. The van der Waals surface area contributed by atoms with E-state index in [2.05, 4.69) is 38.3 Å². The van der Waals surface area contributed by atoms with Crippen molar-refractivity contribution < 1.29 is 19.1 Å². The molecule has 0 amide bonds. The van der Waals surface area contributed by atoms with E-state index in [1.54, 1.807) is 19.9 Å². The van der Waals surface area contributed by atoms with E-state index in [-0.39, 0.29) is 0 Å². The molecule has 0 aliphatic rings. The number of hydrogen-bond acceptors (Lipinski definition) is 4. The quantitative estimate of drug-likeness (QED) is 0.237. The third-order valence-corrected chi connectivity index (χ3v) is 5.33. The monoisotopic (exact) mass is 440 g/mol. The van der Waals surface area contributed by atoms with E-state index in [0.717, 1.165) is 38.9 Å². The van der Waals surface area contributed by atoms with Crippen molar-refractivity contribution in [3.05, 3.63) is 95.6 Å². The van der Waals surface area contributed by atoms with Crippen LogP contribution < -0.4 is 9.47 Å². The summed E-state index contributed by atoms with van der Waals surface area (Å²) in [5.41, 5.74) is 8.02. The van der Waals surface area contributed by atoms with Crippen molar-refractivity contribution in [2.75, 3.05) is 0 Å². The molecule has 0 aliphatic heterocycles. The first-order valence-electron chi connectivity index (χ1n) is 10.6. The molecule has 0 radical (unpaired) electrons. The summed E-state index contributed by atoms with van der Waals surface area (Å²) < 4.78 is 10.7. The first-order chi connectivity index (χ1) is 15.6. The first-order valence-corrected chi connectivity index (χ1v) is 10.6. The summed E-state index contributed by atoms with van der Waals surface area (Å²) in [6.45, 7) is 16.5. The largest absolute Gasteiger partial charge is 0.423 e. The molecule has 3 rings (SSSR count). The highest BCUT2D eigenvalue weighted by atomic mass is 16.5. The zero-order valence-corrected chi connectivity index (χ0v) is 19.7. The third-order valence-electron chi connectivity index (χ3n) is 5.33. The highest BCUT2D eigenvalue weighted by Crippen LogP contribution is 2.33. The van der Waals surface area contributed by atoms with E-state index in [1.165, 1.54) is 0 Å². The second kappa shape index (κ2) is 9.70. The van der Waals surface area contributed by atoms with Crippen LogP contribution in [0.3, 0.4) is 0 Å². The van der Waals surface area contributed by atoms with Gasteiger partial charge in [-0.25, -0.2) is 9.59 Å². The van der Waals surface area contributed by atoms with Gasteiger partial charge in [-0.3, -0.25) is 0 Å². The van der Waals surface area contributed by atoms with Gasteiger partial charge in [0, 0.05) is 11.1 Å². The minimum atomic E-state index is -0.432. The van der Waals surface area contributed by atoms with Crippen molar-refractivity contribution in [1.82, 2.24) is 0 Å². The number of rotatable bonds is 6. The Balaban J connectivity index is 1.87. The third kappa shape index (κ3) is 5.47. The smallest absolute Gasteiger partial charge is 0.338 e. The highest BCUT2D eigenvalue weighted by Gasteiger charge is 2.12. The van der Waals surface area contributed by atoms with Gasteiger partial charge in [-0.05, 0) is 97.8 Å². The van der Waals surface area contributed by atoms with Crippen molar-refractivity contribution in [3.8, 4) is 33.8 Å². The van der Waals surface area contributed by atoms with Crippen LogP contribution in [-0.2, 0) is 9.59 Å². The lowest BCUT2D eigenvalue weighted by molar-refractivity contribution is -0.131. The maximum Gasteiger partial charge on any atom is 0.338 e. The molecule has 0 N–H and O–H groups in total. The number of esters is 2. The van der Waals surface area contributed by atoms with Crippen LogP contribution in [0.1, 0.15) is 30.5 Å². The lowest BCUT2D eigenvalue weighted by atomic mass is 9.93. The van der Waals surface area contributed by atoms with Gasteiger partial charge in [0.2, 0.25) is 0 Å². The molecule has 4 nitrogen and oxygen atoms in total. The Bertz CT molecular complexity index is 1280. The summed E-state index contributed by atoms with van der Waals surface area (Å²) >= 11 is 0. The summed E-state index contributed by atoms with van der Waals surface area (Å²) in [4.78, 5) is 23.6. The average Bonchev–Trinajstić information content (AvgIpc) is 2.75. The molecule has 0 heterocycles. The fourth-order valence-corrected chi connectivity index (χ4v) is 3.49. The van der Waals surface area contributed by atoms with E-state index in [9.17, 15) is 9.59 Å². The van der Waals surface area contributed by atoms with Gasteiger partial charge < -0.3 is 9.47 Å². The maximum absolute atomic E-state index is 11.8. The lowest BCUT2D eigenvalue weighted by Crippen LogP contribution is -2.09. The van der Waals surface area contributed by atoms with Crippen LogP contribution in [0.2, 0.25) is 0 Å². The van der Waals surface area contributed by atoms with E-state index < -0.39 is 11.9 Å². The van der Waals surface area contributed by atoms with E-state index in [1.807, 2.05) is 44.2 Å². The fourth-order valence-electron chi connectivity index (χ4n) is 3.49. The molecule has 4 heteroatoms. The van der Waals surface area contributed by atoms with Gasteiger partial charge >= 0.3 is 11.9 Å². The van der Waals surface area contributed by atoms with Crippen molar-refractivity contribution >= 4 is 11.9 Å². The summed E-state index contributed by atoms with van der Waals surface area (Å²) in [5, 5.41) is 0. The second-order valence-electron chi connectivity index (χ2n) is 8.33. The number of benzene rings is 3. The van der Waals surface area contributed by atoms with Crippen LogP contribution >= 0.6 is 0 Å². The molecule has 0 unspecified atom stereocenters. The predicted molar refractivity (Wildman–Crippen MR) is 132 cm³/mol. The molecular weight excluding hydrogens is 412 g/mol. The number of carbonyl (C=O) groups is 2. The molecule has 0 aliphatic carbocycles. The van der Waals surface area contributed by atoms with E-state index in [0.29, 0.717) is 22.6 Å². The van der Waals surface area contributed by atoms with Gasteiger partial charge in [0.25, 0.3) is 0 Å². The van der Waals surface area contributed by atoms with E-state index >= 15 is 0 Å². The van der Waals surface area contributed by atoms with Crippen LogP contribution in [-0.4, -0.2) is 11.9 Å². The van der Waals surface area contributed by atoms with E-state index in [4.69, 9.17) is 9.47 Å². The van der Waals surface area contributed by atoms with Gasteiger partial charge in [0.15, 0.2) is 0 Å². The predicted octanol–water partition coefficient (Wildman–Crippen LogP) is 6.91. The topological polar surface area (TPSA) is 52.6 Å². The Morgan fingerprint density at radius 3 is 1.64 bits per heavy atom. The summed E-state index contributed by atoms with van der Waals surface area (Å²) in [7, 11) is 0. The molecule has 0 saturated carbocycles. The standard InChI is InChI=1S/C29H28O4/c1-17(2)28(30)32-24-10-12-26(20(6)16-24)22-8-11-25(19(5)14-22)23-9-13-27(21(7)15-23)33-29(31)18(3)4/h8-16H,1,3H2,2,4-7H3. The highest BCUT2D eigenvalue weighted by molar-refractivity contribution is 5.89. The summed E-state index contributed by atoms with van der Waals surface area (Å²) in [6, 6.07) is 17.7. The Hall–Kier alpha value is -3.92. The molecule has 0 spiro atoms. The van der Waals surface area contributed by atoms with Crippen LogP contribution in [0.5, 0.6) is 11.5 Å². The van der Waals surface area contributed by atoms with Crippen molar-refractivity contribution in [1.29, 1.82) is 0 Å². The summed E-state index contributed by atoms with van der Waals surface area (Å²) in [5.74, 6) is 0.171. The lowest BCUT2D eigenvalue weighted by Gasteiger charge is -2.14. The molecule has 168 valence electrons. The van der Waals surface area contributed by atoms with Gasteiger partial charge in [-0.15, -0.1) is 0 Å². The maximum atomic E-state index is 11.8. The number of carbonyl (C=O) groups excluding carboxylic acids is 2. The van der Waals surface area contributed by atoms with Crippen molar-refractivity contribution in [2.24, 2.45) is 0 Å². The molecule has 0 bridgehead atoms. The molecule has 0 saturated heterocycles. The Kier molecular flexibility index (Phi) is 6.98. The second-order valence-corrected chi connectivity index (χ2v) is 8.33. The first kappa shape index (κ1) is 23.7. The Labute approximate surface area is 195 Å². The molecule has 33 heavy (non-hydrogen) atoms. The minimum absolute atomic E-state index is 0.361. The van der Waals surface area contributed by atoms with Crippen LogP contribution in [0.4, 0.5) is 0 Å². The minimum Gasteiger partial charge on any atom is -0.423 e. The molecule has 0 atom stereocenters. The molecule has 3 aromatic carbocycles. The van der Waals surface area contributed by atoms with Gasteiger partial charge in [-0.1, -0.05) is 43.5 Å².